The second-order valence-corrected chi connectivity index (χ2v) is 4.98. The Hall–Kier alpha value is 1.22. The first-order chi connectivity index (χ1) is 5.80. The molecule has 51 valence electrons. The molecule has 6 nitrogen and oxygen atoms in total. The van der Waals surface area contributed by atoms with Gasteiger partial charge in [-0.3, -0.25) is 0 Å². The van der Waals surface area contributed by atoms with Crippen LogP contribution in [0.1, 0.15) is 0 Å². The van der Waals surface area contributed by atoms with Crippen LogP contribution in [0.25, 0.3) is 0 Å². The number of hydrogen-bond donors (Lipinski definition) is 0. The molecule has 12 heavy (non-hydrogen) atoms. The van der Waals surface area contributed by atoms with E-state index in [4.69, 9.17) is 7.93 Å². The quantitative estimate of drug-likeness (QED) is 0.388. The van der Waals surface area contributed by atoms with Crippen molar-refractivity contribution < 1.29 is 87.7 Å². The topological polar surface area (TPSA) is 66.4 Å². The zero-order valence-electron chi connectivity index (χ0n) is 6.19. The van der Waals surface area contributed by atoms with E-state index in [2.05, 4.69) is 15.0 Å². The molecular weight excluding hydrogens is 728 g/mol. The molecule has 1 aromatic rings. The molecule has 0 radical (unpaired) electrons. The molecule has 0 atom stereocenters. The average Bonchev–Trinajstić information content (AvgIpc) is 2.16. The Morgan fingerprint density at radius 3 is 1.08 bits per heavy atom. The van der Waals surface area contributed by atoms with Crippen LogP contribution in [-0.4, -0.2) is 15.0 Å². The molecule has 0 aliphatic rings. The Kier molecular flexibility index (Phi) is 5.50. The normalized spacial score (nSPS) is 9.50. The van der Waals surface area contributed by atoms with Crippen molar-refractivity contribution in [1.29, 1.82) is 0 Å². The van der Waals surface area contributed by atoms with E-state index in [9.17, 15) is 0 Å². The Labute approximate surface area is 119 Å². The molecule has 0 saturated heterocycles. The molecule has 0 N–H and O–H groups in total. The zero-order valence-corrected chi connectivity index (χ0v) is 22.7. The summed E-state index contributed by atoms with van der Waals surface area (Å²) >= 11 is 0.509. The Morgan fingerprint density at radius 2 is 0.917 bits per heavy atom. The predicted octanol–water partition coefficient (Wildman–Crippen LogP) is -0.607. The van der Waals surface area contributed by atoms with Gasteiger partial charge in [-0.15, -0.1) is 0 Å². The van der Waals surface area contributed by atoms with E-state index >= 15 is 0 Å². The van der Waals surface area contributed by atoms with Crippen LogP contribution in [0.2, 0.25) is 0 Å². The zero-order chi connectivity index (χ0) is 8.97. The Balaban J connectivity index is 3.01. The number of hydrogen-bond acceptors (Lipinski definition) is 6. The maximum atomic E-state index is 5.01. The second kappa shape index (κ2) is 5.84. The fraction of sp³-hybridized carbons (Fsp3) is 0. The van der Waals surface area contributed by atoms with Gasteiger partial charge in [-0.1, -0.05) is 0 Å². The van der Waals surface area contributed by atoms with E-state index in [0.29, 0.717) is 18.0 Å². The van der Waals surface area contributed by atoms with Crippen LogP contribution in [0.5, 0.6) is 18.0 Å². The first-order valence-corrected chi connectivity index (χ1v) is 9.55. The number of rotatable bonds is 3. The molecule has 1 aromatic heterocycles. The third-order valence-electron chi connectivity index (χ3n) is 0.961. The molecule has 0 aromatic carbocycles. The maximum absolute atomic E-state index is 5.01. The van der Waals surface area contributed by atoms with Gasteiger partial charge in [0.15, 0.2) is 0 Å². The van der Waals surface area contributed by atoms with Crippen molar-refractivity contribution in [2.75, 3.05) is 0 Å². The SMILES string of the molecule is [Hg][O]c1nc([O][Hg])nc([O][Hg])n1. The van der Waals surface area contributed by atoms with Gasteiger partial charge in [-0.05, 0) is 0 Å². The van der Waals surface area contributed by atoms with Crippen molar-refractivity contribution in [2.45, 2.75) is 0 Å². The molecule has 0 unspecified atom stereocenters. The summed E-state index contributed by atoms with van der Waals surface area (Å²) in [5, 5.41) is 0. The van der Waals surface area contributed by atoms with Crippen molar-refractivity contribution in [2.24, 2.45) is 0 Å². The summed E-state index contributed by atoms with van der Waals surface area (Å²) in [6.45, 7) is 0. The summed E-state index contributed by atoms with van der Waals surface area (Å²) in [5.74, 6) is 0. The second-order valence-electron chi connectivity index (χ2n) is 1.62. The third kappa shape index (κ3) is 3.17. The first-order valence-electron chi connectivity index (χ1n) is 2.82. The fourth-order valence-electron chi connectivity index (χ4n) is 0.514. The number of nitrogens with zero attached hydrogens (tertiary/aromatic N) is 3. The van der Waals surface area contributed by atoms with Crippen molar-refractivity contribution in [3.8, 4) is 18.0 Å². The Bertz CT molecular complexity index is 217. The van der Waals surface area contributed by atoms with Crippen molar-refractivity contribution in [1.82, 2.24) is 15.0 Å². The summed E-state index contributed by atoms with van der Waals surface area (Å²) in [6, 6.07) is 0.942. The van der Waals surface area contributed by atoms with Gasteiger partial charge in [0.2, 0.25) is 0 Å². The summed E-state index contributed by atoms with van der Waals surface area (Å²) in [5.41, 5.74) is 0. The van der Waals surface area contributed by atoms with E-state index in [1.807, 2.05) is 0 Å². The van der Waals surface area contributed by atoms with E-state index in [1.54, 1.807) is 0 Å². The van der Waals surface area contributed by atoms with Gasteiger partial charge < -0.3 is 0 Å². The Morgan fingerprint density at radius 1 is 0.667 bits per heavy atom. The van der Waals surface area contributed by atoms with E-state index in [1.165, 1.54) is 0 Å². The van der Waals surface area contributed by atoms with Crippen LogP contribution in [0.4, 0.5) is 0 Å². The molecule has 1 heterocycles. The van der Waals surface area contributed by atoms with Crippen molar-refractivity contribution in [3.05, 3.63) is 0 Å². The molecule has 0 aliphatic heterocycles. The predicted molar refractivity (Wildman–Crippen MR) is 21.7 cm³/mol. The van der Waals surface area contributed by atoms with Crippen LogP contribution in [0.3, 0.4) is 0 Å². The molecule has 0 bridgehead atoms. The molecule has 0 amide bonds. The summed E-state index contributed by atoms with van der Waals surface area (Å²) in [7, 11) is 0. The molecule has 1 rings (SSSR count). The standard InChI is InChI=1S/C3H3N3O3.3Hg/c7-1-4-2(8)6-3(9)5-1;;;/h(H3,4,5,6,7,8,9);;;/q;3*+1/p-3. The van der Waals surface area contributed by atoms with Gasteiger partial charge in [0, 0.05) is 0 Å². The van der Waals surface area contributed by atoms with Gasteiger partial charge >= 0.3 is 121 Å². The third-order valence-corrected chi connectivity index (χ3v) is 3.97. The minimum atomic E-state index is 0.170. The van der Waals surface area contributed by atoms with Crippen LogP contribution in [0.15, 0.2) is 0 Å². The fourth-order valence-corrected chi connectivity index (χ4v) is 2.02. The van der Waals surface area contributed by atoms with Gasteiger partial charge in [0.1, 0.15) is 0 Å². The number of aromatic nitrogens is 3. The molecule has 0 fully saturated rings. The minimum absolute atomic E-state index is 0.170. The van der Waals surface area contributed by atoms with Crippen LogP contribution in [0, 0.1) is 0 Å². The van der Waals surface area contributed by atoms with Gasteiger partial charge in [0.05, 0.1) is 0 Å². The van der Waals surface area contributed by atoms with E-state index < -0.39 is 0 Å². The molecule has 0 saturated carbocycles. The van der Waals surface area contributed by atoms with Crippen LogP contribution < -0.4 is 7.93 Å². The van der Waals surface area contributed by atoms with Crippen LogP contribution >= 0.6 is 0 Å². The van der Waals surface area contributed by atoms with E-state index in [-0.39, 0.29) is 79.7 Å². The molecular formula is C3Hg3N3O3. The summed E-state index contributed by atoms with van der Waals surface area (Å²) < 4.78 is 15.0. The monoisotopic (exact) mass is 732 g/mol. The molecule has 0 spiro atoms. The summed E-state index contributed by atoms with van der Waals surface area (Å²) in [6.07, 6.45) is 0. The van der Waals surface area contributed by atoms with Crippen molar-refractivity contribution in [3.63, 3.8) is 0 Å². The molecule has 9 heteroatoms. The van der Waals surface area contributed by atoms with E-state index in [0.717, 1.165) is 0 Å². The van der Waals surface area contributed by atoms with Gasteiger partial charge in [0.25, 0.3) is 0 Å². The van der Waals surface area contributed by atoms with Crippen molar-refractivity contribution >= 4 is 0 Å². The first kappa shape index (κ1) is 11.3. The van der Waals surface area contributed by atoms with Crippen LogP contribution in [-0.2, 0) is 79.7 Å². The van der Waals surface area contributed by atoms with Gasteiger partial charge in [-0.2, -0.15) is 0 Å². The summed E-state index contributed by atoms with van der Waals surface area (Å²) in [4.78, 5) is 11.7. The average molecular weight is 728 g/mol. The van der Waals surface area contributed by atoms with Gasteiger partial charge in [-0.25, -0.2) is 0 Å². The molecule has 0 aliphatic carbocycles.